The van der Waals surface area contributed by atoms with Crippen LogP contribution in [0.5, 0.6) is 11.6 Å². The summed E-state index contributed by atoms with van der Waals surface area (Å²) in [5.41, 5.74) is 1.76. The Hall–Kier alpha value is -3.00. The predicted octanol–water partition coefficient (Wildman–Crippen LogP) is 4.20. The molecule has 0 N–H and O–H groups in total. The first-order valence-corrected chi connectivity index (χ1v) is 11.4. The Morgan fingerprint density at radius 2 is 1.90 bits per heavy atom. The topological polar surface area (TPSA) is 58.6 Å². The van der Waals surface area contributed by atoms with Crippen LogP contribution in [0.25, 0.3) is 0 Å². The zero-order valence-corrected chi connectivity index (χ0v) is 17.9. The van der Waals surface area contributed by atoms with Crippen molar-refractivity contribution in [3.8, 4) is 11.6 Å². The fraction of sp³-hybridized carbons (Fsp3) is 0.348. The van der Waals surface area contributed by atoms with Crippen LogP contribution in [0.3, 0.4) is 0 Å². The van der Waals surface area contributed by atoms with Gasteiger partial charge in [0, 0.05) is 30.9 Å². The third-order valence-electron chi connectivity index (χ3n) is 5.69. The van der Waals surface area contributed by atoms with E-state index in [0.717, 1.165) is 42.1 Å². The van der Waals surface area contributed by atoms with Gasteiger partial charge in [-0.15, -0.1) is 11.3 Å². The largest absolute Gasteiger partial charge is 0.438 e. The van der Waals surface area contributed by atoms with Gasteiger partial charge in [0.25, 0.3) is 0 Å². The van der Waals surface area contributed by atoms with Crippen molar-refractivity contribution >= 4 is 23.2 Å². The Morgan fingerprint density at radius 3 is 2.65 bits per heavy atom. The maximum absolute atomic E-state index is 13.3. The van der Waals surface area contributed by atoms with E-state index in [2.05, 4.69) is 4.90 Å². The van der Waals surface area contributed by atoms with Gasteiger partial charge in [-0.05, 0) is 48.6 Å². The minimum atomic E-state index is -0.319. The summed E-state index contributed by atoms with van der Waals surface area (Å²) >= 11 is 1.59. The minimum absolute atomic E-state index is 0.0875. The van der Waals surface area contributed by atoms with Crippen molar-refractivity contribution in [1.82, 2.24) is 14.9 Å². The van der Waals surface area contributed by atoms with E-state index in [-0.39, 0.29) is 11.7 Å². The highest BCUT2D eigenvalue weighted by molar-refractivity contribution is 7.10. The number of hydrogen-bond donors (Lipinski definition) is 0. The van der Waals surface area contributed by atoms with Crippen molar-refractivity contribution in [2.75, 3.05) is 24.5 Å². The third-order valence-corrected chi connectivity index (χ3v) is 6.56. The van der Waals surface area contributed by atoms with Crippen LogP contribution in [0.2, 0.25) is 0 Å². The van der Waals surface area contributed by atoms with Gasteiger partial charge < -0.3 is 14.5 Å². The Balaban J connectivity index is 1.44. The van der Waals surface area contributed by atoms with E-state index in [1.807, 2.05) is 22.4 Å². The Bertz CT molecular complexity index is 1070. The third kappa shape index (κ3) is 4.39. The standard InChI is InChI=1S/C23H23FN4O2S/c24-16-5-7-17(8-6-16)30-22-19-15-28(21(29)14-18-4-3-13-31-18)12-9-20(19)25-23(26-22)27-10-1-2-11-27/h3-8,13H,1-2,9-12,14-15H2. The molecule has 1 aromatic carbocycles. The van der Waals surface area contributed by atoms with E-state index in [4.69, 9.17) is 14.7 Å². The number of carbonyl (C=O) groups is 1. The van der Waals surface area contributed by atoms with Crippen molar-refractivity contribution in [2.45, 2.75) is 32.2 Å². The number of rotatable bonds is 5. The van der Waals surface area contributed by atoms with Crippen LogP contribution in [-0.2, 0) is 24.2 Å². The summed E-state index contributed by atoms with van der Waals surface area (Å²) in [6, 6.07) is 9.84. The van der Waals surface area contributed by atoms with E-state index >= 15 is 0 Å². The molecule has 31 heavy (non-hydrogen) atoms. The number of thiophene rings is 1. The molecule has 160 valence electrons. The van der Waals surface area contributed by atoms with Crippen LogP contribution in [0, 0.1) is 5.82 Å². The summed E-state index contributed by atoms with van der Waals surface area (Å²) in [6.07, 6.45) is 3.31. The maximum Gasteiger partial charge on any atom is 0.229 e. The quantitative estimate of drug-likeness (QED) is 0.598. The van der Waals surface area contributed by atoms with Crippen molar-refractivity contribution in [3.63, 3.8) is 0 Å². The number of halogens is 1. The lowest BCUT2D eigenvalue weighted by Gasteiger charge is -2.30. The maximum atomic E-state index is 13.3. The Kier molecular flexibility index (Phi) is 5.55. The zero-order valence-electron chi connectivity index (χ0n) is 17.1. The first-order valence-electron chi connectivity index (χ1n) is 10.5. The second-order valence-electron chi connectivity index (χ2n) is 7.83. The molecule has 8 heteroatoms. The second-order valence-corrected chi connectivity index (χ2v) is 8.86. The predicted molar refractivity (Wildman–Crippen MR) is 117 cm³/mol. The van der Waals surface area contributed by atoms with Crippen LogP contribution < -0.4 is 9.64 Å². The van der Waals surface area contributed by atoms with E-state index in [0.29, 0.717) is 43.5 Å². The highest BCUT2D eigenvalue weighted by Gasteiger charge is 2.28. The zero-order chi connectivity index (χ0) is 21.2. The van der Waals surface area contributed by atoms with Crippen LogP contribution >= 0.6 is 11.3 Å². The van der Waals surface area contributed by atoms with E-state index < -0.39 is 0 Å². The lowest BCUT2D eigenvalue weighted by Crippen LogP contribution is -2.38. The molecule has 0 unspecified atom stereocenters. The molecule has 5 rings (SSSR count). The van der Waals surface area contributed by atoms with Gasteiger partial charge in [-0.2, -0.15) is 4.98 Å². The number of anilines is 1. The highest BCUT2D eigenvalue weighted by atomic mass is 32.1. The molecule has 1 amide bonds. The fourth-order valence-corrected chi connectivity index (χ4v) is 4.71. The van der Waals surface area contributed by atoms with Gasteiger partial charge in [-0.3, -0.25) is 4.79 Å². The Labute approximate surface area is 184 Å². The average Bonchev–Trinajstić information content (AvgIpc) is 3.49. The molecule has 6 nitrogen and oxygen atoms in total. The molecule has 2 aliphatic rings. The number of nitrogens with zero attached hydrogens (tertiary/aromatic N) is 4. The van der Waals surface area contributed by atoms with E-state index in [1.165, 1.54) is 12.1 Å². The van der Waals surface area contributed by atoms with Crippen molar-refractivity contribution in [3.05, 3.63) is 63.7 Å². The molecule has 0 bridgehead atoms. The summed E-state index contributed by atoms with van der Waals surface area (Å²) in [5.74, 6) is 1.40. The molecule has 2 aliphatic heterocycles. The number of amides is 1. The molecular weight excluding hydrogens is 415 g/mol. The van der Waals surface area contributed by atoms with E-state index in [9.17, 15) is 9.18 Å². The number of aromatic nitrogens is 2. The fourth-order valence-electron chi connectivity index (χ4n) is 4.02. The van der Waals surface area contributed by atoms with Gasteiger partial charge in [0.2, 0.25) is 17.7 Å². The number of hydrogen-bond acceptors (Lipinski definition) is 6. The molecule has 0 atom stereocenters. The van der Waals surface area contributed by atoms with Crippen LogP contribution in [0.1, 0.15) is 29.0 Å². The average molecular weight is 439 g/mol. The van der Waals surface area contributed by atoms with Crippen molar-refractivity contribution in [1.29, 1.82) is 0 Å². The van der Waals surface area contributed by atoms with Gasteiger partial charge in [0.1, 0.15) is 11.6 Å². The van der Waals surface area contributed by atoms with Gasteiger partial charge in [0.05, 0.1) is 24.2 Å². The molecule has 3 aromatic rings. The molecule has 0 saturated carbocycles. The van der Waals surface area contributed by atoms with Crippen LogP contribution in [0.4, 0.5) is 10.3 Å². The minimum Gasteiger partial charge on any atom is -0.438 e. The summed E-state index contributed by atoms with van der Waals surface area (Å²) in [7, 11) is 0. The lowest BCUT2D eigenvalue weighted by molar-refractivity contribution is -0.131. The number of benzene rings is 1. The second kappa shape index (κ2) is 8.63. The molecule has 1 saturated heterocycles. The van der Waals surface area contributed by atoms with Crippen molar-refractivity contribution < 1.29 is 13.9 Å². The molecular formula is C23H23FN4O2S. The summed E-state index contributed by atoms with van der Waals surface area (Å²) in [4.78, 5) is 27.5. The molecule has 0 radical (unpaired) electrons. The lowest BCUT2D eigenvalue weighted by atomic mass is 10.1. The monoisotopic (exact) mass is 438 g/mol. The first kappa shape index (κ1) is 19.9. The van der Waals surface area contributed by atoms with Crippen LogP contribution in [-0.4, -0.2) is 40.4 Å². The number of carbonyl (C=O) groups excluding carboxylic acids is 1. The Morgan fingerprint density at radius 1 is 1.10 bits per heavy atom. The highest BCUT2D eigenvalue weighted by Crippen LogP contribution is 2.32. The molecule has 0 spiro atoms. The van der Waals surface area contributed by atoms with Crippen molar-refractivity contribution in [2.24, 2.45) is 0 Å². The normalized spacial score (nSPS) is 15.8. The molecule has 2 aromatic heterocycles. The number of ether oxygens (including phenoxy) is 1. The molecule has 1 fully saturated rings. The van der Waals surface area contributed by atoms with E-state index in [1.54, 1.807) is 23.5 Å². The molecule has 4 heterocycles. The van der Waals surface area contributed by atoms with Gasteiger partial charge >= 0.3 is 0 Å². The molecule has 0 aliphatic carbocycles. The summed E-state index contributed by atoms with van der Waals surface area (Å²) in [5, 5.41) is 1.98. The SMILES string of the molecule is O=C(Cc1cccs1)N1CCc2nc(N3CCCC3)nc(Oc3ccc(F)cc3)c2C1. The van der Waals surface area contributed by atoms with Gasteiger partial charge in [-0.1, -0.05) is 6.07 Å². The summed E-state index contributed by atoms with van der Waals surface area (Å²) < 4.78 is 19.4. The van der Waals surface area contributed by atoms with Gasteiger partial charge in [0.15, 0.2) is 0 Å². The smallest absolute Gasteiger partial charge is 0.229 e. The number of fused-ring (bicyclic) bond motifs is 1. The first-order chi connectivity index (χ1) is 15.2. The van der Waals surface area contributed by atoms with Crippen LogP contribution in [0.15, 0.2) is 41.8 Å². The summed E-state index contributed by atoms with van der Waals surface area (Å²) in [6.45, 7) is 2.90. The van der Waals surface area contributed by atoms with Gasteiger partial charge in [-0.25, -0.2) is 9.37 Å².